The predicted molar refractivity (Wildman–Crippen MR) is 79.8 cm³/mol. The average molecular weight is 268 g/mol. The van der Waals surface area contributed by atoms with Crippen molar-refractivity contribution in [3.8, 4) is 5.75 Å². The zero-order valence-electron chi connectivity index (χ0n) is 12.0. The summed E-state index contributed by atoms with van der Waals surface area (Å²) in [6.07, 6.45) is 4.75. The summed E-state index contributed by atoms with van der Waals surface area (Å²) in [6.45, 7) is 5.18. The highest BCUT2D eigenvalue weighted by Crippen LogP contribution is 2.28. The predicted octanol–water partition coefficient (Wildman–Crippen LogP) is 3.43. The first-order valence-corrected chi connectivity index (χ1v) is 7.15. The summed E-state index contributed by atoms with van der Waals surface area (Å²) in [5.74, 6) is 1.04. The molecule has 1 aromatic carbocycles. The number of fused-ring (bicyclic) bond motifs is 1. The Morgan fingerprint density at radius 1 is 1.15 bits per heavy atom. The fourth-order valence-corrected chi connectivity index (χ4v) is 2.68. The topological polar surface area (TPSA) is 34.2 Å². The van der Waals surface area contributed by atoms with Gasteiger partial charge in [-0.25, -0.2) is 0 Å². The van der Waals surface area contributed by atoms with E-state index in [9.17, 15) is 0 Å². The van der Waals surface area contributed by atoms with Gasteiger partial charge in [0.1, 0.15) is 5.75 Å². The number of nitrogens with one attached hydrogen (secondary N) is 1. The zero-order chi connectivity index (χ0) is 13.9. The number of benzene rings is 1. The van der Waals surface area contributed by atoms with Gasteiger partial charge in [-0.3, -0.25) is 4.98 Å². The molecule has 0 radical (unpaired) electrons. The third-order valence-corrected chi connectivity index (χ3v) is 3.90. The molecule has 1 aliphatic heterocycles. The summed E-state index contributed by atoms with van der Waals surface area (Å²) in [5, 5.41) is 3.62. The molecule has 0 spiro atoms. The lowest BCUT2D eigenvalue weighted by atomic mass is 10.0. The van der Waals surface area contributed by atoms with E-state index >= 15 is 0 Å². The second-order valence-electron chi connectivity index (χ2n) is 5.36. The molecule has 20 heavy (non-hydrogen) atoms. The van der Waals surface area contributed by atoms with Gasteiger partial charge in [-0.1, -0.05) is 18.2 Å². The Bertz CT molecular complexity index is 583. The number of nitrogens with zero attached hydrogens (tertiary/aromatic N) is 1. The molecule has 1 aliphatic rings. The minimum absolute atomic E-state index is 0.281. The van der Waals surface area contributed by atoms with Crippen molar-refractivity contribution in [2.24, 2.45) is 0 Å². The Hall–Kier alpha value is -1.87. The van der Waals surface area contributed by atoms with E-state index in [2.05, 4.69) is 48.4 Å². The van der Waals surface area contributed by atoms with Gasteiger partial charge in [-0.05, 0) is 42.7 Å². The van der Waals surface area contributed by atoms with Crippen molar-refractivity contribution < 1.29 is 4.74 Å². The molecule has 3 rings (SSSR count). The van der Waals surface area contributed by atoms with Gasteiger partial charge >= 0.3 is 0 Å². The van der Waals surface area contributed by atoms with Gasteiger partial charge in [-0.2, -0.15) is 0 Å². The smallest absolute Gasteiger partial charge is 0.122 e. The molecule has 0 bridgehead atoms. The van der Waals surface area contributed by atoms with Crippen LogP contribution >= 0.6 is 0 Å². The normalized spacial score (nSPS) is 16.3. The second-order valence-corrected chi connectivity index (χ2v) is 5.36. The first-order valence-electron chi connectivity index (χ1n) is 7.15. The molecule has 104 valence electrons. The van der Waals surface area contributed by atoms with Crippen molar-refractivity contribution in [2.45, 2.75) is 32.4 Å². The van der Waals surface area contributed by atoms with Crippen molar-refractivity contribution in [1.82, 2.24) is 10.3 Å². The molecule has 1 aromatic heterocycles. The quantitative estimate of drug-likeness (QED) is 0.922. The van der Waals surface area contributed by atoms with Gasteiger partial charge in [0.25, 0.3) is 0 Å². The van der Waals surface area contributed by atoms with Crippen molar-refractivity contribution in [1.29, 1.82) is 0 Å². The molecule has 3 nitrogen and oxygen atoms in total. The van der Waals surface area contributed by atoms with E-state index in [-0.39, 0.29) is 6.04 Å². The lowest BCUT2D eigenvalue weighted by Crippen LogP contribution is -2.22. The minimum Gasteiger partial charge on any atom is -0.493 e. The maximum Gasteiger partial charge on any atom is 0.122 e. The summed E-state index contributed by atoms with van der Waals surface area (Å²) < 4.78 is 5.55. The number of hydrogen-bond donors (Lipinski definition) is 1. The van der Waals surface area contributed by atoms with E-state index in [0.29, 0.717) is 6.04 Å². The van der Waals surface area contributed by atoms with Crippen LogP contribution < -0.4 is 10.1 Å². The molecule has 0 saturated carbocycles. The van der Waals surface area contributed by atoms with Gasteiger partial charge in [0.05, 0.1) is 6.61 Å². The number of rotatable bonds is 4. The molecule has 1 unspecified atom stereocenters. The molecule has 0 aliphatic carbocycles. The van der Waals surface area contributed by atoms with E-state index < -0.39 is 0 Å². The van der Waals surface area contributed by atoms with E-state index in [1.807, 2.05) is 12.3 Å². The minimum atomic E-state index is 0.281. The summed E-state index contributed by atoms with van der Waals surface area (Å²) in [5.41, 5.74) is 3.85. The molecule has 2 heterocycles. The fourth-order valence-electron chi connectivity index (χ4n) is 2.68. The van der Waals surface area contributed by atoms with Gasteiger partial charge in [0, 0.05) is 30.9 Å². The molecular weight excluding hydrogens is 248 g/mol. The van der Waals surface area contributed by atoms with Crippen LogP contribution in [-0.2, 0) is 6.42 Å². The summed E-state index contributed by atoms with van der Waals surface area (Å²) in [7, 11) is 0. The van der Waals surface area contributed by atoms with Crippen LogP contribution in [0, 0.1) is 0 Å². The number of hydrogen-bond acceptors (Lipinski definition) is 3. The maximum atomic E-state index is 5.55. The lowest BCUT2D eigenvalue weighted by Gasteiger charge is -2.21. The van der Waals surface area contributed by atoms with Gasteiger partial charge in [0.2, 0.25) is 0 Å². The van der Waals surface area contributed by atoms with Crippen molar-refractivity contribution in [2.75, 3.05) is 6.61 Å². The van der Waals surface area contributed by atoms with Crippen LogP contribution in [-0.4, -0.2) is 11.6 Å². The van der Waals surface area contributed by atoms with Gasteiger partial charge in [-0.15, -0.1) is 0 Å². The zero-order valence-corrected chi connectivity index (χ0v) is 12.0. The average Bonchev–Trinajstić information content (AvgIpc) is 2.95. The highest BCUT2D eigenvalue weighted by atomic mass is 16.5. The Morgan fingerprint density at radius 3 is 2.80 bits per heavy atom. The largest absolute Gasteiger partial charge is 0.493 e. The molecule has 1 N–H and O–H groups in total. The van der Waals surface area contributed by atoms with Crippen molar-refractivity contribution in [3.63, 3.8) is 0 Å². The Kier molecular flexibility index (Phi) is 3.70. The Morgan fingerprint density at radius 2 is 2.00 bits per heavy atom. The van der Waals surface area contributed by atoms with Crippen LogP contribution in [0.5, 0.6) is 5.75 Å². The highest BCUT2D eigenvalue weighted by Gasteiger charge is 2.16. The van der Waals surface area contributed by atoms with Crippen LogP contribution in [0.15, 0.2) is 42.7 Å². The first-order chi connectivity index (χ1) is 9.74. The summed E-state index contributed by atoms with van der Waals surface area (Å²) in [6, 6.07) is 11.2. The third-order valence-electron chi connectivity index (χ3n) is 3.90. The van der Waals surface area contributed by atoms with Gasteiger partial charge < -0.3 is 10.1 Å². The molecule has 0 amide bonds. The monoisotopic (exact) mass is 268 g/mol. The van der Waals surface area contributed by atoms with Crippen LogP contribution in [0.3, 0.4) is 0 Å². The van der Waals surface area contributed by atoms with E-state index in [1.54, 1.807) is 6.20 Å². The highest BCUT2D eigenvalue weighted by molar-refractivity contribution is 5.40. The molecule has 2 atom stereocenters. The van der Waals surface area contributed by atoms with E-state index in [0.717, 1.165) is 18.8 Å². The van der Waals surface area contributed by atoms with Crippen LogP contribution in [0.25, 0.3) is 0 Å². The van der Waals surface area contributed by atoms with E-state index in [4.69, 9.17) is 4.74 Å². The van der Waals surface area contributed by atoms with Crippen LogP contribution in [0.4, 0.5) is 0 Å². The lowest BCUT2D eigenvalue weighted by molar-refractivity contribution is 0.356. The molecule has 3 heteroatoms. The Balaban J connectivity index is 1.71. The third kappa shape index (κ3) is 2.68. The maximum absolute atomic E-state index is 5.55. The van der Waals surface area contributed by atoms with Crippen LogP contribution in [0.2, 0.25) is 0 Å². The molecule has 0 fully saturated rings. The number of aromatic nitrogens is 1. The summed E-state index contributed by atoms with van der Waals surface area (Å²) >= 11 is 0. The SMILES string of the molecule is CC(N[C@@H](C)c1cccnc1)c1ccc2c(c1)CCO2. The van der Waals surface area contributed by atoms with Crippen LogP contribution in [0.1, 0.15) is 42.6 Å². The fraction of sp³-hybridized carbons (Fsp3) is 0.353. The second kappa shape index (κ2) is 5.63. The molecule has 0 saturated heterocycles. The molecule has 2 aromatic rings. The van der Waals surface area contributed by atoms with Gasteiger partial charge in [0.15, 0.2) is 0 Å². The Labute approximate surface area is 120 Å². The first kappa shape index (κ1) is 13.1. The number of pyridine rings is 1. The number of ether oxygens (including phenoxy) is 1. The standard InChI is InChI=1S/C17H20N2O/c1-12(19-13(2)16-4-3-8-18-11-16)14-5-6-17-15(10-14)7-9-20-17/h3-6,8,10-13,19H,7,9H2,1-2H3/t12?,13-/m0/s1. The van der Waals surface area contributed by atoms with E-state index in [1.165, 1.54) is 16.7 Å². The molecular formula is C17H20N2O. The van der Waals surface area contributed by atoms with Crippen molar-refractivity contribution >= 4 is 0 Å². The van der Waals surface area contributed by atoms with Crippen molar-refractivity contribution in [3.05, 3.63) is 59.4 Å². The summed E-state index contributed by atoms with van der Waals surface area (Å²) in [4.78, 5) is 4.18.